The summed E-state index contributed by atoms with van der Waals surface area (Å²) in [5.41, 5.74) is 7.20. The van der Waals surface area contributed by atoms with E-state index in [1.807, 2.05) is 24.1 Å². The molecule has 9 heteroatoms. The van der Waals surface area contributed by atoms with E-state index in [-0.39, 0.29) is 11.9 Å². The maximum absolute atomic E-state index is 11.9. The largest absolute Gasteiger partial charge is 0.365 e. The summed E-state index contributed by atoms with van der Waals surface area (Å²) < 4.78 is 0. The summed E-state index contributed by atoms with van der Waals surface area (Å²) >= 11 is 0. The average Bonchev–Trinajstić information content (AvgIpc) is 2.67. The van der Waals surface area contributed by atoms with Gasteiger partial charge in [0.15, 0.2) is 0 Å². The number of benzene rings is 1. The Bertz CT molecular complexity index is 865. The molecule has 1 aromatic heterocycles. The van der Waals surface area contributed by atoms with Crippen LogP contribution in [0.5, 0.6) is 0 Å². The number of aromatic nitrogens is 2. The molecule has 0 atom stereocenters. The number of primary amides is 1. The van der Waals surface area contributed by atoms with Gasteiger partial charge in [0.05, 0.1) is 0 Å². The van der Waals surface area contributed by atoms with Crippen LogP contribution in [-0.4, -0.2) is 48.0 Å². The fourth-order valence-corrected chi connectivity index (χ4v) is 3.25. The minimum atomic E-state index is -0.560. The summed E-state index contributed by atoms with van der Waals surface area (Å²) in [5.74, 6) is 0.149. The molecule has 0 radical (unpaired) electrons. The van der Waals surface area contributed by atoms with E-state index in [1.165, 1.54) is 13.1 Å². The quantitative estimate of drug-likeness (QED) is 0.595. The van der Waals surface area contributed by atoms with Crippen molar-refractivity contribution in [3.63, 3.8) is 0 Å². The Balaban J connectivity index is 1.86. The molecular weight excluding hydrogens is 358 g/mol. The van der Waals surface area contributed by atoms with Gasteiger partial charge >= 0.3 is 0 Å². The molecule has 3 rings (SSSR count). The summed E-state index contributed by atoms with van der Waals surface area (Å²) in [5, 5.41) is 9.18. The van der Waals surface area contributed by atoms with Crippen LogP contribution in [0.4, 0.5) is 23.1 Å². The van der Waals surface area contributed by atoms with Gasteiger partial charge in [0.1, 0.15) is 11.4 Å². The van der Waals surface area contributed by atoms with Gasteiger partial charge in [-0.25, -0.2) is 4.98 Å². The highest BCUT2D eigenvalue weighted by Gasteiger charge is 2.23. The van der Waals surface area contributed by atoms with Crippen LogP contribution in [0.15, 0.2) is 30.5 Å². The van der Waals surface area contributed by atoms with Crippen LogP contribution < -0.4 is 26.6 Å². The van der Waals surface area contributed by atoms with Gasteiger partial charge in [0.25, 0.3) is 5.91 Å². The van der Waals surface area contributed by atoms with E-state index in [4.69, 9.17) is 5.73 Å². The zero-order valence-corrected chi connectivity index (χ0v) is 16.0. The van der Waals surface area contributed by atoms with Crippen molar-refractivity contribution < 1.29 is 9.59 Å². The Kier molecular flexibility index (Phi) is 6.05. The molecule has 148 valence electrons. The van der Waals surface area contributed by atoms with E-state index in [1.54, 1.807) is 12.1 Å². The molecule has 2 aromatic rings. The summed E-state index contributed by atoms with van der Waals surface area (Å²) in [7, 11) is 1.92. The number of nitrogens with one attached hydrogen (secondary N) is 3. The molecule has 0 bridgehead atoms. The monoisotopic (exact) mass is 383 g/mol. The van der Waals surface area contributed by atoms with Crippen LogP contribution in [0, 0.1) is 0 Å². The molecular formula is C19H25N7O2. The van der Waals surface area contributed by atoms with Gasteiger partial charge in [0, 0.05) is 37.6 Å². The standard InChI is InChI=1S/C19H25N7O2/c1-12(27)23-13-4-3-5-14(10-13)24-19-22-11-16(17(20)28)18(25-19)26(2)15-6-8-21-9-7-15/h3-5,10-11,15,21H,6-9H2,1-2H3,(H2,20,28)(H,23,27)(H,22,24,25). The molecule has 0 saturated carbocycles. The Labute approximate surface area is 163 Å². The number of piperidine rings is 1. The maximum Gasteiger partial charge on any atom is 0.254 e. The molecule has 1 aliphatic heterocycles. The number of anilines is 4. The number of nitrogens with two attached hydrogens (primary N) is 1. The normalized spacial score (nSPS) is 14.4. The highest BCUT2D eigenvalue weighted by atomic mass is 16.1. The molecule has 2 heterocycles. The van der Waals surface area contributed by atoms with Crippen molar-refractivity contribution in [3.8, 4) is 0 Å². The van der Waals surface area contributed by atoms with E-state index in [2.05, 4.69) is 25.9 Å². The fourth-order valence-electron chi connectivity index (χ4n) is 3.25. The maximum atomic E-state index is 11.9. The lowest BCUT2D eigenvalue weighted by molar-refractivity contribution is -0.114. The topological polar surface area (TPSA) is 125 Å². The van der Waals surface area contributed by atoms with E-state index in [9.17, 15) is 9.59 Å². The number of amides is 2. The highest BCUT2D eigenvalue weighted by Crippen LogP contribution is 2.25. The molecule has 1 saturated heterocycles. The Hall–Kier alpha value is -3.20. The number of carbonyl (C=O) groups excluding carboxylic acids is 2. The lowest BCUT2D eigenvalue weighted by Gasteiger charge is -2.33. The first-order chi connectivity index (χ1) is 13.4. The van der Waals surface area contributed by atoms with Crippen molar-refractivity contribution in [2.75, 3.05) is 35.7 Å². The van der Waals surface area contributed by atoms with E-state index < -0.39 is 5.91 Å². The SMILES string of the molecule is CC(=O)Nc1cccc(Nc2ncc(C(N)=O)c(N(C)C3CCNCC3)n2)c1. The molecule has 1 aromatic carbocycles. The van der Waals surface area contributed by atoms with Crippen molar-refractivity contribution in [2.45, 2.75) is 25.8 Å². The number of rotatable bonds is 6. The van der Waals surface area contributed by atoms with Gasteiger partial charge in [-0.05, 0) is 44.1 Å². The zero-order valence-electron chi connectivity index (χ0n) is 16.0. The van der Waals surface area contributed by atoms with Gasteiger partial charge in [-0.3, -0.25) is 9.59 Å². The molecule has 28 heavy (non-hydrogen) atoms. The van der Waals surface area contributed by atoms with Crippen molar-refractivity contribution in [3.05, 3.63) is 36.0 Å². The Morgan fingerprint density at radius 1 is 1.25 bits per heavy atom. The number of carbonyl (C=O) groups is 2. The highest BCUT2D eigenvalue weighted by molar-refractivity contribution is 5.97. The summed E-state index contributed by atoms with van der Waals surface area (Å²) in [6.07, 6.45) is 3.36. The minimum Gasteiger partial charge on any atom is -0.365 e. The van der Waals surface area contributed by atoms with Crippen LogP contribution in [0.1, 0.15) is 30.1 Å². The molecule has 9 nitrogen and oxygen atoms in total. The van der Waals surface area contributed by atoms with Crippen LogP contribution in [0.25, 0.3) is 0 Å². The van der Waals surface area contributed by atoms with E-state index in [0.29, 0.717) is 28.7 Å². The molecule has 0 aliphatic carbocycles. The van der Waals surface area contributed by atoms with Gasteiger partial charge in [-0.1, -0.05) is 6.07 Å². The summed E-state index contributed by atoms with van der Waals surface area (Å²) in [6.45, 7) is 3.30. The second-order valence-electron chi connectivity index (χ2n) is 6.77. The first-order valence-electron chi connectivity index (χ1n) is 9.19. The van der Waals surface area contributed by atoms with Gasteiger partial charge in [-0.2, -0.15) is 4.98 Å². The third-order valence-corrected chi connectivity index (χ3v) is 4.66. The summed E-state index contributed by atoms with van der Waals surface area (Å²) in [4.78, 5) is 33.9. The summed E-state index contributed by atoms with van der Waals surface area (Å²) in [6, 6.07) is 7.49. The van der Waals surface area contributed by atoms with Crippen LogP contribution in [0.3, 0.4) is 0 Å². The third kappa shape index (κ3) is 4.74. The van der Waals surface area contributed by atoms with Crippen LogP contribution in [0.2, 0.25) is 0 Å². The van der Waals surface area contributed by atoms with Crippen molar-refractivity contribution in [2.24, 2.45) is 5.73 Å². The van der Waals surface area contributed by atoms with Crippen LogP contribution in [-0.2, 0) is 4.79 Å². The molecule has 0 spiro atoms. The number of nitrogens with zero attached hydrogens (tertiary/aromatic N) is 3. The smallest absolute Gasteiger partial charge is 0.254 e. The first-order valence-corrected chi connectivity index (χ1v) is 9.19. The van der Waals surface area contributed by atoms with Crippen molar-refractivity contribution in [1.82, 2.24) is 15.3 Å². The fraction of sp³-hybridized carbons (Fsp3) is 0.368. The van der Waals surface area contributed by atoms with Gasteiger partial charge in [-0.15, -0.1) is 0 Å². The van der Waals surface area contributed by atoms with E-state index >= 15 is 0 Å². The average molecular weight is 383 g/mol. The second-order valence-corrected chi connectivity index (χ2v) is 6.77. The lowest BCUT2D eigenvalue weighted by atomic mass is 10.0. The number of hydrogen-bond acceptors (Lipinski definition) is 7. The molecule has 2 amide bonds. The molecule has 0 unspecified atom stereocenters. The minimum absolute atomic E-state index is 0.148. The zero-order chi connectivity index (χ0) is 20.1. The Morgan fingerprint density at radius 3 is 2.64 bits per heavy atom. The van der Waals surface area contributed by atoms with Crippen molar-refractivity contribution >= 4 is 35.0 Å². The molecule has 5 N–H and O–H groups in total. The third-order valence-electron chi connectivity index (χ3n) is 4.66. The van der Waals surface area contributed by atoms with Crippen molar-refractivity contribution in [1.29, 1.82) is 0 Å². The van der Waals surface area contributed by atoms with Gasteiger partial charge < -0.3 is 26.6 Å². The predicted octanol–water partition coefficient (Wildman–Crippen LogP) is 1.47. The van der Waals surface area contributed by atoms with Gasteiger partial charge in [0.2, 0.25) is 11.9 Å². The molecule has 1 aliphatic rings. The Morgan fingerprint density at radius 2 is 1.96 bits per heavy atom. The first kappa shape index (κ1) is 19.6. The second kappa shape index (κ2) is 8.66. The number of hydrogen-bond donors (Lipinski definition) is 4. The predicted molar refractivity (Wildman–Crippen MR) is 109 cm³/mol. The molecule has 1 fully saturated rings. The lowest BCUT2D eigenvalue weighted by Crippen LogP contribution is -2.42. The van der Waals surface area contributed by atoms with Crippen LogP contribution >= 0.6 is 0 Å². The van der Waals surface area contributed by atoms with E-state index in [0.717, 1.165) is 25.9 Å².